The smallest absolute Gasteiger partial charge is 0.153 e. The summed E-state index contributed by atoms with van der Waals surface area (Å²) in [4.78, 5) is 4.85. The van der Waals surface area contributed by atoms with Gasteiger partial charge in [0.1, 0.15) is 11.9 Å². The predicted molar refractivity (Wildman–Crippen MR) is 77.0 cm³/mol. The fourth-order valence-electron chi connectivity index (χ4n) is 4.16. The van der Waals surface area contributed by atoms with Crippen molar-refractivity contribution in [3.8, 4) is 11.5 Å². The first-order valence-corrected chi connectivity index (χ1v) is 7.06. The first-order valence-electron chi connectivity index (χ1n) is 7.06. The van der Waals surface area contributed by atoms with E-state index in [0.29, 0.717) is 18.2 Å². The number of likely N-dealkylation sites (N-methyl/N-ethyl adjacent to an activating group) is 1. The van der Waals surface area contributed by atoms with Crippen molar-refractivity contribution in [1.82, 2.24) is 5.32 Å². The van der Waals surface area contributed by atoms with Crippen molar-refractivity contribution in [2.24, 2.45) is 0 Å². The van der Waals surface area contributed by atoms with Gasteiger partial charge in [-0.05, 0) is 23.8 Å². The molecule has 3 unspecified atom stereocenters. The Bertz CT molecular complexity index is 787. The van der Waals surface area contributed by atoms with Crippen LogP contribution in [0.5, 0.6) is 11.5 Å². The summed E-state index contributed by atoms with van der Waals surface area (Å²) in [5.74, 6) is 1.96. The number of hydrogen-bond donors (Lipinski definition) is 1. The molecule has 1 fully saturated rings. The molecule has 6 rings (SSSR count). The summed E-state index contributed by atoms with van der Waals surface area (Å²) >= 11 is 0. The van der Waals surface area contributed by atoms with Crippen LogP contribution in [0.1, 0.15) is 11.6 Å². The second-order valence-corrected chi connectivity index (χ2v) is 5.98. The number of anilines is 3. The number of hydrogen-bond acceptors (Lipinski definition) is 4. The van der Waals surface area contributed by atoms with Crippen molar-refractivity contribution in [3.63, 3.8) is 0 Å². The molecule has 0 spiro atoms. The van der Waals surface area contributed by atoms with Crippen molar-refractivity contribution in [2.45, 2.75) is 18.2 Å². The van der Waals surface area contributed by atoms with Gasteiger partial charge in [-0.2, -0.15) is 0 Å². The Hall–Kier alpha value is -2.20. The molecular formula is C16H13N3O. The Balaban J connectivity index is 1.76. The summed E-state index contributed by atoms with van der Waals surface area (Å²) in [7, 11) is 2.18. The summed E-state index contributed by atoms with van der Waals surface area (Å²) in [6.45, 7) is 0. The molecule has 0 radical (unpaired) electrons. The molecule has 1 N–H and O–H groups in total. The van der Waals surface area contributed by atoms with Crippen molar-refractivity contribution in [2.75, 3.05) is 16.8 Å². The van der Waals surface area contributed by atoms with Crippen molar-refractivity contribution < 1.29 is 4.74 Å². The minimum absolute atomic E-state index is 0.369. The van der Waals surface area contributed by atoms with Gasteiger partial charge in [-0.25, -0.2) is 0 Å². The highest BCUT2D eigenvalue weighted by Crippen LogP contribution is 2.62. The topological polar surface area (TPSA) is 37.7 Å². The highest BCUT2D eigenvalue weighted by Gasteiger charge is 2.58. The third-order valence-corrected chi connectivity index (χ3v) is 5.03. The quantitative estimate of drug-likeness (QED) is 0.742. The number of nitrogens with one attached hydrogen (secondary N) is 1. The molecule has 0 aromatic heterocycles. The summed E-state index contributed by atoms with van der Waals surface area (Å²) in [6, 6.07) is 13.7. The zero-order valence-electron chi connectivity index (χ0n) is 11.0. The molecule has 98 valence electrons. The highest BCUT2D eigenvalue weighted by atomic mass is 16.5. The molecule has 0 saturated carbocycles. The molecular weight excluding hydrogens is 250 g/mol. The third-order valence-electron chi connectivity index (χ3n) is 5.03. The molecule has 2 aromatic carbocycles. The second kappa shape index (κ2) is 2.79. The van der Waals surface area contributed by atoms with E-state index in [1.165, 1.54) is 22.6 Å². The van der Waals surface area contributed by atoms with Gasteiger partial charge in [0.15, 0.2) is 11.5 Å². The Morgan fingerprint density at radius 2 is 1.85 bits per heavy atom. The average Bonchev–Trinajstić information content (AvgIpc) is 3.21. The molecule has 3 atom stereocenters. The minimum Gasteiger partial charge on any atom is -0.453 e. The third kappa shape index (κ3) is 0.850. The van der Waals surface area contributed by atoms with Crippen LogP contribution >= 0.6 is 0 Å². The molecule has 4 heterocycles. The summed E-state index contributed by atoms with van der Waals surface area (Å²) in [5.41, 5.74) is 5.13. The van der Waals surface area contributed by atoms with Crippen LogP contribution in [-0.4, -0.2) is 19.3 Å². The van der Waals surface area contributed by atoms with Gasteiger partial charge in [0.2, 0.25) is 0 Å². The van der Waals surface area contributed by atoms with Gasteiger partial charge >= 0.3 is 0 Å². The van der Waals surface area contributed by atoms with Crippen molar-refractivity contribution >= 4 is 17.1 Å². The van der Waals surface area contributed by atoms with Gasteiger partial charge in [0.25, 0.3) is 0 Å². The Morgan fingerprint density at radius 1 is 1.05 bits per heavy atom. The van der Waals surface area contributed by atoms with Crippen LogP contribution in [-0.2, 0) is 0 Å². The van der Waals surface area contributed by atoms with Gasteiger partial charge in [-0.3, -0.25) is 0 Å². The average molecular weight is 263 g/mol. The molecule has 4 aliphatic rings. The lowest BCUT2D eigenvalue weighted by Crippen LogP contribution is -2.46. The maximum Gasteiger partial charge on any atom is 0.153 e. The maximum atomic E-state index is 6.15. The van der Waals surface area contributed by atoms with Crippen LogP contribution < -0.4 is 19.9 Å². The van der Waals surface area contributed by atoms with Crippen LogP contribution in [0, 0.1) is 0 Å². The van der Waals surface area contributed by atoms with E-state index in [0.717, 1.165) is 11.5 Å². The zero-order valence-corrected chi connectivity index (χ0v) is 11.0. The monoisotopic (exact) mass is 263 g/mol. The molecule has 0 amide bonds. The van der Waals surface area contributed by atoms with Gasteiger partial charge in [0, 0.05) is 7.05 Å². The first kappa shape index (κ1) is 9.66. The van der Waals surface area contributed by atoms with Crippen LogP contribution in [0.25, 0.3) is 0 Å². The number of benzene rings is 2. The van der Waals surface area contributed by atoms with E-state index in [1.54, 1.807) is 0 Å². The highest BCUT2D eigenvalue weighted by molar-refractivity contribution is 5.94. The van der Waals surface area contributed by atoms with Crippen molar-refractivity contribution in [3.05, 3.63) is 42.0 Å². The lowest BCUT2D eigenvalue weighted by atomic mass is 9.98. The molecule has 2 aromatic rings. The Kier molecular flexibility index (Phi) is 1.35. The van der Waals surface area contributed by atoms with Crippen LogP contribution in [0.3, 0.4) is 0 Å². The zero-order chi connectivity index (χ0) is 13.0. The molecule has 0 bridgehead atoms. The molecule has 4 nitrogen and oxygen atoms in total. The van der Waals surface area contributed by atoms with E-state index in [9.17, 15) is 0 Å². The molecule has 20 heavy (non-hydrogen) atoms. The van der Waals surface area contributed by atoms with E-state index in [2.05, 4.69) is 58.6 Å². The molecule has 4 aliphatic heterocycles. The SMILES string of the molecule is CN1c2cccc3c2N2c4c(cccc4C4NC4C12)O3. The fourth-order valence-corrected chi connectivity index (χ4v) is 4.16. The number of nitrogens with zero attached hydrogens (tertiary/aromatic N) is 2. The second-order valence-electron chi connectivity index (χ2n) is 5.98. The lowest BCUT2D eigenvalue weighted by Gasteiger charge is -2.38. The van der Waals surface area contributed by atoms with Crippen LogP contribution in [0.2, 0.25) is 0 Å². The molecule has 4 heteroatoms. The summed E-state index contributed by atoms with van der Waals surface area (Å²) in [5, 5.41) is 3.63. The standard InChI is InChI=1S/C16H13N3O/c1-18-9-5-3-7-11-15(9)19-14-8(4-2-6-10(14)20-11)12-13(17-12)16(18)19/h2-7,12-13,16-17H,1H3. The van der Waals surface area contributed by atoms with Gasteiger partial charge in [-0.1, -0.05) is 18.2 Å². The fraction of sp³-hybridized carbons (Fsp3) is 0.250. The number of rotatable bonds is 0. The number of para-hydroxylation sites is 2. The maximum absolute atomic E-state index is 6.15. The lowest BCUT2D eigenvalue weighted by molar-refractivity contribution is 0.465. The van der Waals surface area contributed by atoms with E-state index in [4.69, 9.17) is 4.74 Å². The van der Waals surface area contributed by atoms with E-state index < -0.39 is 0 Å². The number of fused-ring (bicyclic) bond motifs is 3. The molecule has 1 saturated heterocycles. The Morgan fingerprint density at radius 3 is 2.75 bits per heavy atom. The summed E-state index contributed by atoms with van der Waals surface area (Å²) < 4.78 is 6.15. The van der Waals surface area contributed by atoms with Gasteiger partial charge < -0.3 is 19.9 Å². The van der Waals surface area contributed by atoms with Gasteiger partial charge in [-0.15, -0.1) is 0 Å². The Labute approximate surface area is 116 Å². The van der Waals surface area contributed by atoms with Crippen LogP contribution in [0.15, 0.2) is 36.4 Å². The summed E-state index contributed by atoms with van der Waals surface area (Å²) in [6.07, 6.45) is 0.369. The predicted octanol–water partition coefficient (Wildman–Crippen LogP) is 2.73. The van der Waals surface area contributed by atoms with Gasteiger partial charge in [0.05, 0.1) is 23.5 Å². The van der Waals surface area contributed by atoms with E-state index in [1.807, 2.05) is 0 Å². The number of ether oxygens (including phenoxy) is 1. The minimum atomic E-state index is 0.369. The van der Waals surface area contributed by atoms with E-state index >= 15 is 0 Å². The van der Waals surface area contributed by atoms with Crippen LogP contribution in [0.4, 0.5) is 17.1 Å². The first-order chi connectivity index (χ1) is 9.84. The normalized spacial score (nSPS) is 29.8. The molecule has 0 aliphatic carbocycles. The van der Waals surface area contributed by atoms with E-state index in [-0.39, 0.29) is 0 Å². The largest absolute Gasteiger partial charge is 0.453 e. The van der Waals surface area contributed by atoms with Crippen molar-refractivity contribution in [1.29, 1.82) is 0 Å².